The second-order valence-electron chi connectivity index (χ2n) is 3.92. The van der Waals surface area contributed by atoms with Gasteiger partial charge in [0.05, 0.1) is 0 Å². The summed E-state index contributed by atoms with van der Waals surface area (Å²) in [5.74, 6) is 0. The summed E-state index contributed by atoms with van der Waals surface area (Å²) >= 11 is 6.73. The second-order valence-corrected chi connectivity index (χ2v) is 5.39. The molecular weight excluding hydrogens is 372 g/mol. The van der Waals surface area contributed by atoms with Crippen LogP contribution in [0.3, 0.4) is 0 Å². The van der Waals surface area contributed by atoms with E-state index in [1.165, 1.54) is 5.56 Å². The van der Waals surface area contributed by atoms with Crippen molar-refractivity contribution in [3.8, 4) is 0 Å². The van der Waals surface area contributed by atoms with Gasteiger partial charge in [-0.3, -0.25) is 0 Å². The molecule has 0 heterocycles. The summed E-state index contributed by atoms with van der Waals surface area (Å²) in [7, 11) is 0. The van der Waals surface area contributed by atoms with Gasteiger partial charge in [-0.25, -0.2) is 4.79 Å². The maximum Gasteiger partial charge on any atom is 0.323 e. The van der Waals surface area contributed by atoms with Crippen LogP contribution in [0.15, 0.2) is 53.0 Å². The summed E-state index contributed by atoms with van der Waals surface area (Å²) in [5.41, 5.74) is 2.68. The summed E-state index contributed by atoms with van der Waals surface area (Å²) in [5, 5.41) is 6.35. The Morgan fingerprint density at radius 2 is 1.37 bits per heavy atom. The fraction of sp³-hybridized carbons (Fsp3) is 0.0714. The Balaban J connectivity index is 1.95. The van der Waals surface area contributed by atoms with Crippen molar-refractivity contribution in [3.05, 3.63) is 58.6 Å². The van der Waals surface area contributed by atoms with Crippen LogP contribution < -0.4 is 10.6 Å². The lowest BCUT2D eigenvalue weighted by atomic mass is 10.2. The number of carbonyl (C=O) groups excluding carboxylic acids is 1. The standard InChI is InChI=1S/C14H12Br2N2O/c15-9-10-1-5-12(6-2-10)17-14(19)18-13-7-3-11(16)4-8-13/h1-8H,9H2,(H2,17,18,19). The van der Waals surface area contributed by atoms with Gasteiger partial charge in [0.25, 0.3) is 0 Å². The van der Waals surface area contributed by atoms with Gasteiger partial charge in [-0.1, -0.05) is 44.0 Å². The van der Waals surface area contributed by atoms with E-state index in [-0.39, 0.29) is 6.03 Å². The van der Waals surface area contributed by atoms with Crippen LogP contribution >= 0.6 is 31.9 Å². The number of alkyl halides is 1. The van der Waals surface area contributed by atoms with Gasteiger partial charge in [0.2, 0.25) is 0 Å². The fourth-order valence-corrected chi connectivity index (χ4v) is 2.14. The molecule has 0 atom stereocenters. The predicted octanol–water partition coefficient (Wildman–Crippen LogP) is 4.99. The van der Waals surface area contributed by atoms with Crippen molar-refractivity contribution in [3.63, 3.8) is 0 Å². The molecule has 98 valence electrons. The monoisotopic (exact) mass is 382 g/mol. The third-order valence-corrected chi connectivity index (χ3v) is 3.64. The first-order valence-electron chi connectivity index (χ1n) is 5.66. The number of hydrogen-bond acceptors (Lipinski definition) is 1. The molecule has 2 rings (SSSR count). The average Bonchev–Trinajstić information content (AvgIpc) is 2.42. The molecule has 0 aliphatic heterocycles. The molecule has 0 aliphatic carbocycles. The summed E-state index contributed by atoms with van der Waals surface area (Å²) in [6.45, 7) is 0. The number of rotatable bonds is 3. The molecule has 0 saturated heterocycles. The Hall–Kier alpha value is -1.33. The number of benzene rings is 2. The molecule has 19 heavy (non-hydrogen) atoms. The van der Waals surface area contributed by atoms with Gasteiger partial charge in [-0.2, -0.15) is 0 Å². The number of anilines is 2. The first kappa shape index (κ1) is 14.1. The highest BCUT2D eigenvalue weighted by Gasteiger charge is 2.02. The minimum Gasteiger partial charge on any atom is -0.308 e. The van der Waals surface area contributed by atoms with Gasteiger partial charge in [-0.05, 0) is 42.0 Å². The van der Waals surface area contributed by atoms with E-state index in [4.69, 9.17) is 0 Å². The highest BCUT2D eigenvalue weighted by Crippen LogP contribution is 2.15. The Labute approximate surface area is 128 Å². The molecule has 5 heteroatoms. The smallest absolute Gasteiger partial charge is 0.308 e. The van der Waals surface area contributed by atoms with Crippen molar-refractivity contribution in [2.45, 2.75) is 5.33 Å². The molecule has 0 fully saturated rings. The Morgan fingerprint density at radius 3 is 1.84 bits per heavy atom. The summed E-state index contributed by atoms with van der Waals surface area (Å²) in [4.78, 5) is 11.8. The van der Waals surface area contributed by atoms with E-state index in [9.17, 15) is 4.79 Å². The van der Waals surface area contributed by atoms with E-state index in [1.807, 2.05) is 48.5 Å². The van der Waals surface area contributed by atoms with E-state index in [0.29, 0.717) is 0 Å². The van der Waals surface area contributed by atoms with Crippen molar-refractivity contribution in [2.75, 3.05) is 10.6 Å². The molecule has 0 unspecified atom stereocenters. The molecule has 0 radical (unpaired) electrons. The van der Waals surface area contributed by atoms with Gasteiger partial charge >= 0.3 is 6.03 Å². The lowest BCUT2D eigenvalue weighted by molar-refractivity contribution is 0.262. The van der Waals surface area contributed by atoms with E-state index >= 15 is 0 Å². The minimum atomic E-state index is -0.256. The third kappa shape index (κ3) is 4.36. The maximum absolute atomic E-state index is 11.8. The normalized spacial score (nSPS) is 10.0. The van der Waals surface area contributed by atoms with Crippen LogP contribution in [0, 0.1) is 0 Å². The van der Waals surface area contributed by atoms with Crippen LogP contribution in [0.4, 0.5) is 16.2 Å². The molecule has 0 saturated carbocycles. The van der Waals surface area contributed by atoms with E-state index in [0.717, 1.165) is 21.2 Å². The zero-order valence-corrected chi connectivity index (χ0v) is 13.2. The number of urea groups is 1. The minimum absolute atomic E-state index is 0.256. The van der Waals surface area contributed by atoms with Crippen LogP contribution in [0.5, 0.6) is 0 Å². The first-order chi connectivity index (χ1) is 9.17. The summed E-state index contributed by atoms with van der Waals surface area (Å²) in [6.07, 6.45) is 0. The van der Waals surface area contributed by atoms with Crippen LogP contribution in [0.1, 0.15) is 5.56 Å². The van der Waals surface area contributed by atoms with Gasteiger partial charge < -0.3 is 10.6 Å². The quantitative estimate of drug-likeness (QED) is 0.720. The largest absolute Gasteiger partial charge is 0.323 e. The fourth-order valence-electron chi connectivity index (χ4n) is 1.50. The lowest BCUT2D eigenvalue weighted by Gasteiger charge is -2.08. The van der Waals surface area contributed by atoms with E-state index in [1.54, 1.807) is 0 Å². The third-order valence-electron chi connectivity index (χ3n) is 2.47. The molecule has 2 amide bonds. The number of nitrogens with one attached hydrogen (secondary N) is 2. The van der Waals surface area contributed by atoms with Crippen molar-refractivity contribution >= 4 is 49.3 Å². The number of halogens is 2. The van der Waals surface area contributed by atoms with Gasteiger partial charge in [0.15, 0.2) is 0 Å². The second kappa shape index (κ2) is 6.73. The van der Waals surface area contributed by atoms with Crippen molar-refractivity contribution < 1.29 is 4.79 Å². The van der Waals surface area contributed by atoms with Crippen molar-refractivity contribution in [1.82, 2.24) is 0 Å². The average molecular weight is 384 g/mol. The van der Waals surface area contributed by atoms with Crippen molar-refractivity contribution in [2.24, 2.45) is 0 Å². The Morgan fingerprint density at radius 1 is 0.895 bits per heavy atom. The van der Waals surface area contributed by atoms with Crippen LogP contribution in [-0.2, 0) is 5.33 Å². The Kier molecular flexibility index (Phi) is 4.99. The number of amides is 2. The maximum atomic E-state index is 11.8. The van der Waals surface area contributed by atoms with E-state index in [2.05, 4.69) is 42.5 Å². The van der Waals surface area contributed by atoms with Crippen LogP contribution in [0.25, 0.3) is 0 Å². The number of hydrogen-bond donors (Lipinski definition) is 2. The number of carbonyl (C=O) groups is 1. The molecule has 2 N–H and O–H groups in total. The van der Waals surface area contributed by atoms with Gasteiger partial charge in [0.1, 0.15) is 0 Å². The summed E-state index contributed by atoms with van der Waals surface area (Å²) < 4.78 is 0.976. The molecule has 3 nitrogen and oxygen atoms in total. The lowest BCUT2D eigenvalue weighted by Crippen LogP contribution is -2.19. The van der Waals surface area contributed by atoms with E-state index < -0.39 is 0 Å². The topological polar surface area (TPSA) is 41.1 Å². The zero-order valence-electron chi connectivity index (χ0n) is 9.99. The molecule has 0 bridgehead atoms. The summed E-state index contributed by atoms with van der Waals surface area (Å²) in [6, 6.07) is 14.8. The van der Waals surface area contributed by atoms with Crippen LogP contribution in [0.2, 0.25) is 0 Å². The first-order valence-corrected chi connectivity index (χ1v) is 7.57. The highest BCUT2D eigenvalue weighted by atomic mass is 79.9. The zero-order chi connectivity index (χ0) is 13.7. The molecule has 2 aromatic carbocycles. The Bertz CT molecular complexity index is 553. The molecule has 0 aromatic heterocycles. The molecule has 2 aromatic rings. The predicted molar refractivity (Wildman–Crippen MR) is 85.9 cm³/mol. The van der Waals surface area contributed by atoms with Crippen LogP contribution in [-0.4, -0.2) is 6.03 Å². The molecule has 0 aliphatic rings. The van der Waals surface area contributed by atoms with Crippen molar-refractivity contribution in [1.29, 1.82) is 0 Å². The molecule has 0 spiro atoms. The molecular formula is C14H12Br2N2O. The SMILES string of the molecule is O=C(Nc1ccc(Br)cc1)Nc1ccc(CBr)cc1. The van der Waals surface area contributed by atoms with Gasteiger partial charge in [-0.15, -0.1) is 0 Å². The van der Waals surface area contributed by atoms with Gasteiger partial charge in [0, 0.05) is 21.2 Å². The highest BCUT2D eigenvalue weighted by molar-refractivity contribution is 9.10.